The second kappa shape index (κ2) is 4.67. The summed E-state index contributed by atoms with van der Waals surface area (Å²) in [4.78, 5) is 12.5. The normalized spacial score (nSPS) is 27.3. The van der Waals surface area contributed by atoms with Gasteiger partial charge in [-0.25, -0.2) is 9.93 Å². The second-order valence-electron chi connectivity index (χ2n) is 5.68. The first-order chi connectivity index (χ1) is 7.96. The van der Waals surface area contributed by atoms with Crippen LogP contribution in [0.15, 0.2) is 0 Å². The summed E-state index contributed by atoms with van der Waals surface area (Å²) in [5.74, 6) is 0. The molecule has 0 bridgehead atoms. The lowest BCUT2D eigenvalue weighted by Gasteiger charge is -2.49. The lowest BCUT2D eigenvalue weighted by atomic mass is 9.80. The van der Waals surface area contributed by atoms with Crippen LogP contribution in [0, 0.1) is 5.41 Å². The molecule has 0 radical (unpaired) electrons. The molecule has 7 nitrogen and oxygen atoms in total. The lowest BCUT2D eigenvalue weighted by molar-refractivity contribution is 0.0159. The molecule has 1 unspecified atom stereocenters. The van der Waals surface area contributed by atoms with E-state index in [2.05, 4.69) is 0 Å². The van der Waals surface area contributed by atoms with Crippen LogP contribution < -0.4 is 5.14 Å². The van der Waals surface area contributed by atoms with E-state index in [1.807, 2.05) is 20.8 Å². The molecule has 1 aliphatic rings. The van der Waals surface area contributed by atoms with Crippen molar-refractivity contribution in [3.63, 3.8) is 0 Å². The van der Waals surface area contributed by atoms with E-state index in [1.165, 1.54) is 9.21 Å². The van der Waals surface area contributed by atoms with E-state index in [-0.39, 0.29) is 18.5 Å². The molecular formula is C10H21N3O4S. The summed E-state index contributed by atoms with van der Waals surface area (Å²) in [6.07, 6.45) is -1.03. The Morgan fingerprint density at radius 3 is 2.17 bits per heavy atom. The molecule has 0 saturated carbocycles. The number of hydrogen-bond acceptors (Lipinski definition) is 3. The van der Waals surface area contributed by atoms with Gasteiger partial charge in [-0.05, 0) is 12.3 Å². The number of rotatable bonds is 1. The molecule has 106 valence electrons. The zero-order valence-corrected chi connectivity index (χ0v) is 11.9. The van der Waals surface area contributed by atoms with Crippen LogP contribution in [-0.2, 0) is 10.2 Å². The second-order valence-corrected chi connectivity index (χ2v) is 7.18. The predicted octanol–water partition coefficient (Wildman–Crippen LogP) is 0.289. The number of nitrogens with two attached hydrogens (primary N) is 1. The largest absolute Gasteiger partial charge is 0.465 e. The van der Waals surface area contributed by atoms with E-state index in [9.17, 15) is 18.3 Å². The quantitative estimate of drug-likeness (QED) is 0.719. The van der Waals surface area contributed by atoms with Crippen LogP contribution >= 0.6 is 0 Å². The SMILES string of the molecule is C[C@@H]1C(C(C)(C)C)N(C(=O)O)CCN1S(N)(=O)=O. The van der Waals surface area contributed by atoms with Crippen LogP contribution in [0.3, 0.4) is 0 Å². The summed E-state index contributed by atoms with van der Waals surface area (Å²) in [6.45, 7) is 7.58. The van der Waals surface area contributed by atoms with Gasteiger partial charge >= 0.3 is 6.09 Å². The van der Waals surface area contributed by atoms with Crippen molar-refractivity contribution >= 4 is 16.3 Å². The van der Waals surface area contributed by atoms with E-state index in [1.54, 1.807) is 6.92 Å². The molecular weight excluding hydrogens is 258 g/mol. The smallest absolute Gasteiger partial charge is 0.407 e. The molecule has 0 aromatic heterocycles. The van der Waals surface area contributed by atoms with Crippen molar-refractivity contribution in [3.05, 3.63) is 0 Å². The fraction of sp³-hybridized carbons (Fsp3) is 0.900. The number of amides is 1. The summed E-state index contributed by atoms with van der Waals surface area (Å²) in [7, 11) is -3.80. The van der Waals surface area contributed by atoms with Crippen LogP contribution in [-0.4, -0.2) is 54.0 Å². The predicted molar refractivity (Wildman–Crippen MR) is 67.2 cm³/mol. The summed E-state index contributed by atoms with van der Waals surface area (Å²) in [6, 6.07) is -0.910. The van der Waals surface area contributed by atoms with Crippen molar-refractivity contribution in [3.8, 4) is 0 Å². The molecule has 1 heterocycles. The summed E-state index contributed by atoms with van der Waals surface area (Å²) < 4.78 is 24.1. The minimum Gasteiger partial charge on any atom is -0.465 e. The number of nitrogens with zero attached hydrogens (tertiary/aromatic N) is 2. The number of carbonyl (C=O) groups is 1. The minimum atomic E-state index is -3.80. The molecule has 0 aromatic rings. The van der Waals surface area contributed by atoms with E-state index >= 15 is 0 Å². The molecule has 1 fully saturated rings. The summed E-state index contributed by atoms with van der Waals surface area (Å²) in [5, 5.41) is 14.4. The third kappa shape index (κ3) is 2.93. The molecule has 18 heavy (non-hydrogen) atoms. The van der Waals surface area contributed by atoms with Gasteiger partial charge in [-0.1, -0.05) is 20.8 Å². The van der Waals surface area contributed by atoms with Gasteiger partial charge in [-0.15, -0.1) is 0 Å². The average molecular weight is 279 g/mol. The van der Waals surface area contributed by atoms with Crippen molar-refractivity contribution in [2.24, 2.45) is 10.6 Å². The monoisotopic (exact) mass is 279 g/mol. The Bertz CT molecular complexity index is 429. The highest BCUT2D eigenvalue weighted by Gasteiger charge is 2.45. The molecule has 8 heteroatoms. The summed E-state index contributed by atoms with van der Waals surface area (Å²) >= 11 is 0. The van der Waals surface area contributed by atoms with Gasteiger partial charge in [-0.2, -0.15) is 12.7 Å². The van der Waals surface area contributed by atoms with Crippen molar-refractivity contribution in [2.45, 2.75) is 39.8 Å². The Balaban J connectivity index is 3.14. The van der Waals surface area contributed by atoms with Gasteiger partial charge in [0.2, 0.25) is 0 Å². The van der Waals surface area contributed by atoms with Crippen molar-refractivity contribution in [1.82, 2.24) is 9.21 Å². The first-order valence-corrected chi connectivity index (χ1v) is 7.25. The van der Waals surface area contributed by atoms with Crippen molar-refractivity contribution in [1.29, 1.82) is 0 Å². The van der Waals surface area contributed by atoms with E-state index in [4.69, 9.17) is 5.14 Å². The Labute approximate surface area is 108 Å². The molecule has 1 aliphatic heterocycles. The topological polar surface area (TPSA) is 104 Å². The molecule has 3 N–H and O–H groups in total. The van der Waals surface area contributed by atoms with Crippen LogP contribution in [0.4, 0.5) is 4.79 Å². The fourth-order valence-electron chi connectivity index (χ4n) is 2.73. The van der Waals surface area contributed by atoms with Crippen molar-refractivity contribution < 1.29 is 18.3 Å². The van der Waals surface area contributed by atoms with Crippen molar-refractivity contribution in [2.75, 3.05) is 13.1 Å². The molecule has 1 amide bonds. The summed E-state index contributed by atoms with van der Waals surface area (Å²) in [5.41, 5.74) is -0.374. The first kappa shape index (κ1) is 15.2. The fourth-order valence-corrected chi connectivity index (χ4v) is 3.65. The molecule has 0 aromatic carbocycles. The van der Waals surface area contributed by atoms with Gasteiger partial charge in [-0.3, -0.25) is 0 Å². The molecule has 1 rings (SSSR count). The zero-order chi connectivity index (χ0) is 14.3. The van der Waals surface area contributed by atoms with E-state index in [0.717, 1.165) is 0 Å². The minimum absolute atomic E-state index is 0.0961. The Kier molecular flexibility index (Phi) is 3.94. The number of piperazine rings is 1. The van der Waals surface area contributed by atoms with Crippen LogP contribution in [0.1, 0.15) is 27.7 Å². The molecule has 0 spiro atoms. The Hall–Kier alpha value is -0.860. The number of hydrogen-bond donors (Lipinski definition) is 2. The van der Waals surface area contributed by atoms with Gasteiger partial charge in [0, 0.05) is 19.1 Å². The highest BCUT2D eigenvalue weighted by atomic mass is 32.2. The third-order valence-corrected chi connectivity index (χ3v) is 4.44. The maximum Gasteiger partial charge on any atom is 0.407 e. The van der Waals surface area contributed by atoms with Gasteiger partial charge in [0.25, 0.3) is 10.2 Å². The van der Waals surface area contributed by atoms with Gasteiger partial charge < -0.3 is 10.0 Å². The van der Waals surface area contributed by atoms with Gasteiger partial charge in [0.05, 0.1) is 6.04 Å². The Morgan fingerprint density at radius 2 is 1.83 bits per heavy atom. The van der Waals surface area contributed by atoms with E-state index < -0.39 is 28.4 Å². The molecule has 2 atom stereocenters. The highest BCUT2D eigenvalue weighted by molar-refractivity contribution is 7.86. The standard InChI is InChI=1S/C10H21N3O4S/c1-7-8(10(2,3)4)12(9(14)15)5-6-13(7)18(11,16)17/h7-8H,5-6H2,1-4H3,(H,14,15)(H2,11,16,17)/t7-,8?/m1/s1. The van der Waals surface area contributed by atoms with Gasteiger partial charge in [0.1, 0.15) is 0 Å². The van der Waals surface area contributed by atoms with Crippen LogP contribution in [0.2, 0.25) is 0 Å². The maximum atomic E-state index is 11.5. The first-order valence-electron chi connectivity index (χ1n) is 5.75. The maximum absolute atomic E-state index is 11.5. The van der Waals surface area contributed by atoms with Crippen LogP contribution in [0.25, 0.3) is 0 Å². The lowest BCUT2D eigenvalue weighted by Crippen LogP contribution is -2.65. The third-order valence-electron chi connectivity index (χ3n) is 3.27. The van der Waals surface area contributed by atoms with Gasteiger partial charge in [0.15, 0.2) is 0 Å². The average Bonchev–Trinajstić information content (AvgIpc) is 2.12. The van der Waals surface area contributed by atoms with E-state index in [0.29, 0.717) is 0 Å². The highest BCUT2D eigenvalue weighted by Crippen LogP contribution is 2.32. The zero-order valence-electron chi connectivity index (χ0n) is 11.1. The molecule has 0 aliphatic carbocycles. The molecule has 1 saturated heterocycles. The number of carboxylic acid groups (broad SMARTS) is 1. The Morgan fingerprint density at radius 1 is 1.33 bits per heavy atom. The van der Waals surface area contributed by atoms with Crippen LogP contribution in [0.5, 0.6) is 0 Å².